The summed E-state index contributed by atoms with van der Waals surface area (Å²) in [6.45, 7) is 8.37. The van der Waals surface area contributed by atoms with Crippen LogP contribution in [-0.2, 0) is 4.74 Å². The van der Waals surface area contributed by atoms with Crippen molar-refractivity contribution in [3.63, 3.8) is 0 Å². The Hall–Kier alpha value is -0.310. The SMILES string of the molecule is CC(C)(C)OC(=S)N1CC2(CCC2)C1. The van der Waals surface area contributed by atoms with E-state index in [2.05, 4.69) is 4.90 Å². The Kier molecular flexibility index (Phi) is 2.25. The Morgan fingerprint density at radius 1 is 1.29 bits per heavy atom. The standard InChI is InChI=1S/C11H19NOS/c1-10(2,3)13-9(14)12-7-11(8-12)5-4-6-11/h4-8H2,1-3H3. The van der Waals surface area contributed by atoms with Crippen molar-refractivity contribution in [3.05, 3.63) is 0 Å². The summed E-state index contributed by atoms with van der Waals surface area (Å²) >= 11 is 5.25. The Labute approximate surface area is 91.6 Å². The minimum absolute atomic E-state index is 0.153. The van der Waals surface area contributed by atoms with E-state index in [1.54, 1.807) is 0 Å². The first kappa shape index (κ1) is 10.2. The number of nitrogens with zero attached hydrogens (tertiary/aromatic N) is 1. The van der Waals surface area contributed by atoms with Crippen LogP contribution in [0.5, 0.6) is 0 Å². The second-order valence-electron chi connectivity index (χ2n) is 5.69. The third kappa shape index (κ3) is 1.88. The van der Waals surface area contributed by atoms with Crippen LogP contribution in [0.25, 0.3) is 0 Å². The van der Waals surface area contributed by atoms with Gasteiger partial charge in [0.25, 0.3) is 5.17 Å². The number of ether oxygens (including phenoxy) is 1. The zero-order chi connectivity index (χ0) is 10.4. The molecule has 0 aromatic heterocycles. The molecule has 1 spiro atoms. The van der Waals surface area contributed by atoms with Gasteiger partial charge < -0.3 is 9.64 Å². The van der Waals surface area contributed by atoms with Gasteiger partial charge >= 0.3 is 0 Å². The number of hydrogen-bond donors (Lipinski definition) is 0. The maximum Gasteiger partial charge on any atom is 0.259 e. The second kappa shape index (κ2) is 3.09. The zero-order valence-electron chi connectivity index (χ0n) is 9.30. The summed E-state index contributed by atoms with van der Waals surface area (Å²) in [4.78, 5) is 2.19. The van der Waals surface area contributed by atoms with E-state index in [9.17, 15) is 0 Å². The quantitative estimate of drug-likeness (QED) is 0.574. The fourth-order valence-electron chi connectivity index (χ4n) is 2.21. The van der Waals surface area contributed by atoms with Crippen LogP contribution in [0, 0.1) is 5.41 Å². The lowest BCUT2D eigenvalue weighted by Crippen LogP contribution is -2.61. The summed E-state index contributed by atoms with van der Waals surface area (Å²) in [5, 5.41) is 0.690. The summed E-state index contributed by atoms with van der Waals surface area (Å²) in [7, 11) is 0. The van der Waals surface area contributed by atoms with Gasteiger partial charge in [-0.2, -0.15) is 0 Å². The van der Waals surface area contributed by atoms with Crippen LogP contribution >= 0.6 is 12.2 Å². The molecule has 0 unspecified atom stereocenters. The van der Waals surface area contributed by atoms with E-state index in [4.69, 9.17) is 17.0 Å². The number of rotatable bonds is 0. The highest BCUT2D eigenvalue weighted by molar-refractivity contribution is 7.80. The van der Waals surface area contributed by atoms with Crippen LogP contribution in [0.15, 0.2) is 0 Å². The fraction of sp³-hybridized carbons (Fsp3) is 0.909. The molecule has 3 heteroatoms. The average Bonchev–Trinajstić information content (AvgIpc) is 1.74. The largest absolute Gasteiger partial charge is 0.465 e. The highest BCUT2D eigenvalue weighted by atomic mass is 32.1. The number of thiocarbonyl (C=S) groups is 1. The second-order valence-corrected chi connectivity index (χ2v) is 6.04. The lowest BCUT2D eigenvalue weighted by molar-refractivity contribution is -0.0392. The average molecular weight is 213 g/mol. The summed E-state index contributed by atoms with van der Waals surface area (Å²) in [5.41, 5.74) is 0.477. The molecule has 0 aromatic carbocycles. The van der Waals surface area contributed by atoms with Gasteiger partial charge in [-0.15, -0.1) is 0 Å². The van der Waals surface area contributed by atoms with Crippen LogP contribution < -0.4 is 0 Å². The maximum atomic E-state index is 5.66. The molecule has 0 bridgehead atoms. The third-order valence-electron chi connectivity index (χ3n) is 3.12. The molecule has 14 heavy (non-hydrogen) atoms. The first-order valence-corrected chi connectivity index (χ1v) is 5.79. The Bertz CT molecular complexity index is 245. The molecule has 2 fully saturated rings. The normalized spacial score (nSPS) is 24.1. The predicted molar refractivity (Wildman–Crippen MR) is 61.3 cm³/mol. The van der Waals surface area contributed by atoms with E-state index < -0.39 is 0 Å². The zero-order valence-corrected chi connectivity index (χ0v) is 10.1. The molecule has 0 radical (unpaired) electrons. The highest BCUT2D eigenvalue weighted by Crippen LogP contribution is 2.48. The van der Waals surface area contributed by atoms with E-state index >= 15 is 0 Å². The topological polar surface area (TPSA) is 12.5 Å². The molecular formula is C11H19NOS. The first-order valence-electron chi connectivity index (χ1n) is 5.38. The van der Waals surface area contributed by atoms with Gasteiger partial charge in [0, 0.05) is 18.5 Å². The van der Waals surface area contributed by atoms with Crippen LogP contribution in [0.1, 0.15) is 40.0 Å². The maximum absolute atomic E-state index is 5.66. The van der Waals surface area contributed by atoms with Crippen molar-refractivity contribution in [2.24, 2.45) is 5.41 Å². The van der Waals surface area contributed by atoms with Crippen LogP contribution in [0.4, 0.5) is 0 Å². The van der Waals surface area contributed by atoms with Crippen molar-refractivity contribution >= 4 is 17.4 Å². The van der Waals surface area contributed by atoms with E-state index in [0.29, 0.717) is 10.6 Å². The summed E-state index contributed by atoms with van der Waals surface area (Å²) in [6, 6.07) is 0. The lowest BCUT2D eigenvalue weighted by Gasteiger charge is -2.56. The fourth-order valence-corrected chi connectivity index (χ4v) is 2.59. The molecule has 2 rings (SSSR count). The van der Waals surface area contributed by atoms with Gasteiger partial charge in [-0.3, -0.25) is 0 Å². The predicted octanol–water partition coefficient (Wildman–Crippen LogP) is 2.57. The summed E-state index contributed by atoms with van der Waals surface area (Å²) in [6.07, 6.45) is 4.18. The Morgan fingerprint density at radius 3 is 2.21 bits per heavy atom. The summed E-state index contributed by atoms with van der Waals surface area (Å²) < 4.78 is 5.66. The smallest absolute Gasteiger partial charge is 0.259 e. The van der Waals surface area contributed by atoms with Crippen LogP contribution in [0.2, 0.25) is 0 Å². The van der Waals surface area contributed by atoms with E-state index in [1.807, 2.05) is 20.8 Å². The molecule has 1 aliphatic heterocycles. The molecular weight excluding hydrogens is 194 g/mol. The molecule has 1 heterocycles. The number of hydrogen-bond acceptors (Lipinski definition) is 2. The van der Waals surface area contributed by atoms with Crippen LogP contribution in [0.3, 0.4) is 0 Å². The van der Waals surface area contributed by atoms with Crippen molar-refractivity contribution < 1.29 is 4.74 Å². The molecule has 0 N–H and O–H groups in total. The molecule has 1 saturated carbocycles. The van der Waals surface area contributed by atoms with Crippen LogP contribution in [-0.4, -0.2) is 28.8 Å². The molecule has 2 aliphatic rings. The van der Waals surface area contributed by atoms with Gasteiger partial charge in [0.2, 0.25) is 0 Å². The van der Waals surface area contributed by atoms with Gasteiger partial charge in [0.15, 0.2) is 0 Å². The van der Waals surface area contributed by atoms with E-state index in [0.717, 1.165) is 13.1 Å². The van der Waals surface area contributed by atoms with Crippen molar-refractivity contribution in [3.8, 4) is 0 Å². The lowest BCUT2D eigenvalue weighted by atomic mass is 9.64. The van der Waals surface area contributed by atoms with Gasteiger partial charge in [0.05, 0.1) is 0 Å². The van der Waals surface area contributed by atoms with Gasteiger partial charge in [-0.1, -0.05) is 6.42 Å². The van der Waals surface area contributed by atoms with Gasteiger partial charge in [-0.05, 0) is 45.8 Å². The van der Waals surface area contributed by atoms with Crippen molar-refractivity contribution in [2.45, 2.75) is 45.6 Å². The van der Waals surface area contributed by atoms with E-state index in [1.165, 1.54) is 19.3 Å². The molecule has 2 nitrogen and oxygen atoms in total. The molecule has 1 aliphatic carbocycles. The summed E-state index contributed by atoms with van der Waals surface area (Å²) in [5.74, 6) is 0. The first-order chi connectivity index (χ1) is 6.40. The van der Waals surface area contributed by atoms with Crippen molar-refractivity contribution in [1.82, 2.24) is 4.90 Å². The Morgan fingerprint density at radius 2 is 1.86 bits per heavy atom. The third-order valence-corrected chi connectivity index (χ3v) is 3.46. The highest BCUT2D eigenvalue weighted by Gasteiger charge is 2.48. The molecule has 0 atom stereocenters. The minimum Gasteiger partial charge on any atom is -0.465 e. The minimum atomic E-state index is -0.153. The Balaban J connectivity index is 1.79. The molecule has 0 aromatic rings. The van der Waals surface area contributed by atoms with Crippen molar-refractivity contribution in [1.29, 1.82) is 0 Å². The van der Waals surface area contributed by atoms with Gasteiger partial charge in [-0.25, -0.2) is 0 Å². The number of likely N-dealkylation sites (tertiary alicyclic amines) is 1. The molecule has 1 saturated heterocycles. The molecule has 80 valence electrons. The van der Waals surface area contributed by atoms with Crippen molar-refractivity contribution in [2.75, 3.05) is 13.1 Å². The van der Waals surface area contributed by atoms with Gasteiger partial charge in [0.1, 0.15) is 5.60 Å². The van der Waals surface area contributed by atoms with E-state index in [-0.39, 0.29) is 5.60 Å². The molecule has 0 amide bonds. The monoisotopic (exact) mass is 213 g/mol.